The summed E-state index contributed by atoms with van der Waals surface area (Å²) in [5.41, 5.74) is 5.16. The highest BCUT2D eigenvalue weighted by Gasteiger charge is 2.34. The number of carbonyl (C=O) groups is 1. The predicted octanol–water partition coefficient (Wildman–Crippen LogP) is 5.05. The minimum absolute atomic E-state index is 0.0135. The van der Waals surface area contributed by atoms with Crippen molar-refractivity contribution in [2.24, 2.45) is 0 Å². The molecule has 1 atom stereocenters. The van der Waals surface area contributed by atoms with E-state index in [1.165, 1.54) is 23.3 Å². The van der Waals surface area contributed by atoms with Crippen LogP contribution in [0.1, 0.15) is 29.3 Å². The standard InChI is InChI=1S/C25H22FN3O/c1-17-6-8-18(9-7-17)15-29-23-5-3-2-4-22(23)27-25(29)19-14-24(30)28(16-19)21-12-10-20(26)11-13-21/h2-13,19H,14-16H2,1H3/t19-/m1/s1. The molecule has 5 rings (SSSR count). The Morgan fingerprint density at radius 1 is 1.00 bits per heavy atom. The third kappa shape index (κ3) is 3.36. The van der Waals surface area contributed by atoms with E-state index in [9.17, 15) is 9.18 Å². The molecule has 0 bridgehead atoms. The molecule has 30 heavy (non-hydrogen) atoms. The molecule has 0 spiro atoms. The maximum Gasteiger partial charge on any atom is 0.227 e. The zero-order valence-corrected chi connectivity index (χ0v) is 16.8. The van der Waals surface area contributed by atoms with Crippen LogP contribution in [0, 0.1) is 12.7 Å². The number of hydrogen-bond acceptors (Lipinski definition) is 2. The van der Waals surface area contributed by atoms with Gasteiger partial charge in [0, 0.05) is 31.1 Å². The Labute approximate surface area is 174 Å². The second-order valence-corrected chi connectivity index (χ2v) is 7.91. The molecule has 4 nitrogen and oxygen atoms in total. The zero-order valence-electron chi connectivity index (χ0n) is 16.8. The number of benzene rings is 3. The van der Waals surface area contributed by atoms with E-state index in [0.717, 1.165) is 22.5 Å². The lowest BCUT2D eigenvalue weighted by Crippen LogP contribution is -2.24. The highest BCUT2D eigenvalue weighted by atomic mass is 19.1. The quantitative estimate of drug-likeness (QED) is 0.481. The van der Waals surface area contributed by atoms with Crippen molar-refractivity contribution in [1.82, 2.24) is 9.55 Å². The van der Waals surface area contributed by atoms with E-state index in [2.05, 4.69) is 41.8 Å². The number of hydrogen-bond donors (Lipinski definition) is 0. The van der Waals surface area contributed by atoms with Gasteiger partial charge in [-0.1, -0.05) is 42.0 Å². The molecule has 1 fully saturated rings. The monoisotopic (exact) mass is 399 g/mol. The molecule has 5 heteroatoms. The number of nitrogens with zero attached hydrogens (tertiary/aromatic N) is 3. The van der Waals surface area contributed by atoms with Crippen molar-refractivity contribution in [2.45, 2.75) is 25.8 Å². The number of aromatic nitrogens is 2. The maximum atomic E-state index is 13.3. The maximum absolute atomic E-state index is 13.3. The summed E-state index contributed by atoms with van der Waals surface area (Å²) < 4.78 is 15.5. The molecule has 0 N–H and O–H groups in total. The Bertz CT molecular complexity index is 1210. The van der Waals surface area contributed by atoms with Crippen molar-refractivity contribution in [3.8, 4) is 0 Å². The number of anilines is 1. The van der Waals surface area contributed by atoms with Gasteiger partial charge in [0.15, 0.2) is 0 Å². The molecule has 1 aromatic heterocycles. The second kappa shape index (κ2) is 7.41. The van der Waals surface area contributed by atoms with Gasteiger partial charge in [-0.05, 0) is 48.9 Å². The van der Waals surface area contributed by atoms with Gasteiger partial charge in [-0.25, -0.2) is 9.37 Å². The fourth-order valence-electron chi connectivity index (χ4n) is 4.20. The van der Waals surface area contributed by atoms with Crippen LogP contribution in [-0.2, 0) is 11.3 Å². The Balaban J connectivity index is 1.51. The van der Waals surface area contributed by atoms with Gasteiger partial charge in [-0.3, -0.25) is 4.79 Å². The SMILES string of the molecule is Cc1ccc(Cn2c([C@@H]3CC(=O)N(c4ccc(F)cc4)C3)nc3ccccc32)cc1. The molecule has 0 aliphatic carbocycles. The van der Waals surface area contributed by atoms with Gasteiger partial charge < -0.3 is 9.47 Å². The molecule has 1 aliphatic heterocycles. The van der Waals surface area contributed by atoms with Crippen molar-refractivity contribution in [3.63, 3.8) is 0 Å². The first-order valence-electron chi connectivity index (χ1n) is 10.1. The summed E-state index contributed by atoms with van der Waals surface area (Å²) in [4.78, 5) is 19.4. The largest absolute Gasteiger partial charge is 0.323 e. The Kier molecular flexibility index (Phi) is 4.58. The first-order chi connectivity index (χ1) is 14.6. The summed E-state index contributed by atoms with van der Waals surface area (Å²) in [6.45, 7) is 3.33. The average Bonchev–Trinajstić information content (AvgIpc) is 3.31. The van der Waals surface area contributed by atoms with Gasteiger partial charge >= 0.3 is 0 Å². The topological polar surface area (TPSA) is 38.1 Å². The van der Waals surface area contributed by atoms with Crippen LogP contribution in [0.4, 0.5) is 10.1 Å². The summed E-state index contributed by atoms with van der Waals surface area (Å²) in [5, 5.41) is 0. The molecule has 1 aliphatic rings. The second-order valence-electron chi connectivity index (χ2n) is 7.91. The molecule has 0 saturated carbocycles. The van der Waals surface area contributed by atoms with Crippen LogP contribution in [-0.4, -0.2) is 22.0 Å². The van der Waals surface area contributed by atoms with Gasteiger partial charge in [-0.2, -0.15) is 0 Å². The Morgan fingerprint density at radius 3 is 2.50 bits per heavy atom. The summed E-state index contributed by atoms with van der Waals surface area (Å²) in [6.07, 6.45) is 0.397. The van der Waals surface area contributed by atoms with Crippen molar-refractivity contribution in [1.29, 1.82) is 0 Å². The lowest BCUT2D eigenvalue weighted by molar-refractivity contribution is -0.117. The van der Waals surface area contributed by atoms with Crippen LogP contribution in [0.5, 0.6) is 0 Å². The van der Waals surface area contributed by atoms with E-state index in [1.54, 1.807) is 17.0 Å². The molecular weight excluding hydrogens is 377 g/mol. The van der Waals surface area contributed by atoms with Crippen LogP contribution in [0.25, 0.3) is 11.0 Å². The third-order valence-corrected chi connectivity index (χ3v) is 5.77. The summed E-state index contributed by atoms with van der Waals surface area (Å²) >= 11 is 0. The number of para-hydroxylation sites is 2. The first kappa shape index (κ1) is 18.6. The van der Waals surface area contributed by atoms with Crippen molar-refractivity contribution >= 4 is 22.6 Å². The lowest BCUT2D eigenvalue weighted by atomic mass is 10.1. The van der Waals surface area contributed by atoms with Crippen LogP contribution < -0.4 is 4.90 Å². The number of amides is 1. The van der Waals surface area contributed by atoms with Gasteiger partial charge in [0.2, 0.25) is 5.91 Å². The molecule has 150 valence electrons. The number of aryl methyl sites for hydroxylation is 1. The molecule has 1 saturated heterocycles. The molecular formula is C25H22FN3O. The van der Waals surface area contributed by atoms with Crippen molar-refractivity contribution in [2.75, 3.05) is 11.4 Å². The molecule has 0 radical (unpaired) electrons. The van der Waals surface area contributed by atoms with E-state index in [0.29, 0.717) is 19.5 Å². The summed E-state index contributed by atoms with van der Waals surface area (Å²) in [6, 6.07) is 22.7. The summed E-state index contributed by atoms with van der Waals surface area (Å²) in [5.74, 6) is 0.650. The number of fused-ring (bicyclic) bond motifs is 1. The Morgan fingerprint density at radius 2 is 1.73 bits per heavy atom. The van der Waals surface area contributed by atoms with Crippen LogP contribution >= 0.6 is 0 Å². The molecule has 1 amide bonds. The zero-order chi connectivity index (χ0) is 20.7. The van der Waals surface area contributed by atoms with Gasteiger partial charge in [0.05, 0.1) is 11.0 Å². The average molecular weight is 399 g/mol. The first-order valence-corrected chi connectivity index (χ1v) is 10.1. The molecule has 4 aromatic rings. The number of halogens is 1. The molecule has 0 unspecified atom stereocenters. The van der Waals surface area contributed by atoms with Crippen LogP contribution in [0.3, 0.4) is 0 Å². The van der Waals surface area contributed by atoms with Gasteiger partial charge in [-0.15, -0.1) is 0 Å². The normalized spacial score (nSPS) is 16.5. The number of imidazole rings is 1. The smallest absolute Gasteiger partial charge is 0.227 e. The van der Waals surface area contributed by atoms with Gasteiger partial charge in [0.1, 0.15) is 11.6 Å². The molecule has 3 aromatic carbocycles. The highest BCUT2D eigenvalue weighted by molar-refractivity contribution is 5.96. The molecule has 2 heterocycles. The van der Waals surface area contributed by atoms with Crippen LogP contribution in [0.2, 0.25) is 0 Å². The van der Waals surface area contributed by atoms with Gasteiger partial charge in [0.25, 0.3) is 0 Å². The predicted molar refractivity (Wildman–Crippen MR) is 116 cm³/mol. The van der Waals surface area contributed by atoms with E-state index in [4.69, 9.17) is 4.98 Å². The summed E-state index contributed by atoms with van der Waals surface area (Å²) in [7, 11) is 0. The van der Waals surface area contributed by atoms with E-state index in [-0.39, 0.29) is 17.6 Å². The fraction of sp³-hybridized carbons (Fsp3) is 0.200. The lowest BCUT2D eigenvalue weighted by Gasteiger charge is -2.17. The number of rotatable bonds is 4. The number of carbonyl (C=O) groups excluding carboxylic acids is 1. The Hall–Kier alpha value is -3.47. The highest BCUT2D eigenvalue weighted by Crippen LogP contribution is 2.33. The van der Waals surface area contributed by atoms with E-state index < -0.39 is 0 Å². The van der Waals surface area contributed by atoms with E-state index >= 15 is 0 Å². The minimum Gasteiger partial charge on any atom is -0.323 e. The van der Waals surface area contributed by atoms with Crippen molar-refractivity contribution < 1.29 is 9.18 Å². The fourth-order valence-corrected chi connectivity index (χ4v) is 4.20. The third-order valence-electron chi connectivity index (χ3n) is 5.77. The van der Waals surface area contributed by atoms with E-state index in [1.807, 2.05) is 18.2 Å². The van der Waals surface area contributed by atoms with Crippen molar-refractivity contribution in [3.05, 3.63) is 95.6 Å². The van der Waals surface area contributed by atoms with Crippen LogP contribution in [0.15, 0.2) is 72.8 Å². The minimum atomic E-state index is -0.304.